The van der Waals surface area contributed by atoms with Gasteiger partial charge in [-0.3, -0.25) is 25.0 Å². The van der Waals surface area contributed by atoms with Gasteiger partial charge in [-0.25, -0.2) is 5.84 Å². The highest BCUT2D eigenvalue weighted by molar-refractivity contribution is 5.74. The number of nitrogens with one attached hydrogen (secondary N) is 1. The number of aromatic nitrogens is 2. The molecule has 94 valence electrons. The molecule has 0 saturated carbocycles. The summed E-state index contributed by atoms with van der Waals surface area (Å²) >= 11 is 0. The van der Waals surface area contributed by atoms with E-state index in [1.165, 1.54) is 17.1 Å². The van der Waals surface area contributed by atoms with E-state index >= 15 is 0 Å². The van der Waals surface area contributed by atoms with E-state index in [-0.39, 0.29) is 11.6 Å². The Morgan fingerprint density at radius 1 is 1.53 bits per heavy atom. The molecule has 0 aliphatic rings. The first-order valence-corrected chi connectivity index (χ1v) is 5.30. The third kappa shape index (κ3) is 4.60. The van der Waals surface area contributed by atoms with Crippen molar-refractivity contribution in [2.75, 3.05) is 0 Å². The molecular weight excluding hydrogens is 226 g/mol. The van der Waals surface area contributed by atoms with Gasteiger partial charge < -0.3 is 0 Å². The maximum atomic E-state index is 10.8. The summed E-state index contributed by atoms with van der Waals surface area (Å²) in [5, 5.41) is 14.3. The van der Waals surface area contributed by atoms with Crippen LogP contribution in [0.15, 0.2) is 12.4 Å². The molecule has 0 atom stereocenters. The fourth-order valence-electron chi connectivity index (χ4n) is 1.38. The van der Waals surface area contributed by atoms with Crippen LogP contribution in [0, 0.1) is 10.1 Å². The molecule has 0 saturated heterocycles. The largest absolute Gasteiger partial charge is 0.306 e. The highest BCUT2D eigenvalue weighted by atomic mass is 16.6. The minimum absolute atomic E-state index is 0.00694. The minimum atomic E-state index is -0.477. The van der Waals surface area contributed by atoms with Crippen LogP contribution >= 0.6 is 0 Å². The average Bonchev–Trinajstić information content (AvgIpc) is 2.77. The van der Waals surface area contributed by atoms with Crippen molar-refractivity contribution in [1.82, 2.24) is 15.2 Å². The van der Waals surface area contributed by atoms with E-state index in [1.807, 2.05) is 0 Å². The molecule has 0 unspecified atom stereocenters. The van der Waals surface area contributed by atoms with Crippen molar-refractivity contribution in [3.05, 3.63) is 22.5 Å². The topological polar surface area (TPSA) is 116 Å². The van der Waals surface area contributed by atoms with Gasteiger partial charge in [0.05, 0.1) is 4.92 Å². The summed E-state index contributed by atoms with van der Waals surface area (Å²) in [7, 11) is 0. The minimum Gasteiger partial charge on any atom is -0.294 e. The number of carbonyl (C=O) groups is 1. The molecule has 8 nitrogen and oxygen atoms in total. The second kappa shape index (κ2) is 6.59. The quantitative estimate of drug-likeness (QED) is 0.235. The van der Waals surface area contributed by atoms with Crippen molar-refractivity contribution < 1.29 is 9.72 Å². The molecule has 0 aromatic carbocycles. The summed E-state index contributed by atoms with van der Waals surface area (Å²) in [6, 6.07) is 0. The lowest BCUT2D eigenvalue weighted by atomic mass is 10.2. The smallest absolute Gasteiger partial charge is 0.294 e. The van der Waals surface area contributed by atoms with Gasteiger partial charge in [-0.1, -0.05) is 6.42 Å². The lowest BCUT2D eigenvalue weighted by molar-refractivity contribution is -0.385. The van der Waals surface area contributed by atoms with E-state index < -0.39 is 4.92 Å². The number of aryl methyl sites for hydroxylation is 1. The van der Waals surface area contributed by atoms with Gasteiger partial charge in [0, 0.05) is 13.0 Å². The summed E-state index contributed by atoms with van der Waals surface area (Å²) in [5.74, 6) is 4.75. The predicted octanol–water partition coefficient (Wildman–Crippen LogP) is 0.342. The molecular formula is C9H15N5O3. The van der Waals surface area contributed by atoms with E-state index in [0.29, 0.717) is 13.0 Å². The number of carbonyl (C=O) groups excluding carboxylic acids is 1. The maximum absolute atomic E-state index is 10.8. The molecule has 0 radical (unpaired) electrons. The van der Waals surface area contributed by atoms with Crippen molar-refractivity contribution in [1.29, 1.82) is 0 Å². The van der Waals surface area contributed by atoms with Crippen LogP contribution in [0.25, 0.3) is 0 Å². The molecule has 8 heteroatoms. The maximum Gasteiger partial charge on any atom is 0.306 e. The number of unbranched alkanes of at least 4 members (excludes halogenated alkanes) is 2. The Balaban J connectivity index is 2.18. The Labute approximate surface area is 97.9 Å². The van der Waals surface area contributed by atoms with Crippen LogP contribution in [-0.2, 0) is 11.3 Å². The van der Waals surface area contributed by atoms with Gasteiger partial charge in [-0.05, 0) is 12.8 Å². The molecule has 0 bridgehead atoms. The van der Waals surface area contributed by atoms with Gasteiger partial charge in [0.25, 0.3) is 0 Å². The number of hydrogen-bond donors (Lipinski definition) is 2. The molecule has 1 rings (SSSR count). The van der Waals surface area contributed by atoms with E-state index in [2.05, 4.69) is 10.5 Å². The molecule has 0 aliphatic carbocycles. The normalized spacial score (nSPS) is 10.2. The van der Waals surface area contributed by atoms with Crippen LogP contribution in [-0.4, -0.2) is 20.6 Å². The Bertz CT molecular complexity index is 390. The van der Waals surface area contributed by atoms with Crippen molar-refractivity contribution in [2.45, 2.75) is 32.2 Å². The third-order valence-corrected chi connectivity index (χ3v) is 2.28. The molecule has 0 spiro atoms. The number of nitrogens with zero attached hydrogens (tertiary/aromatic N) is 3. The van der Waals surface area contributed by atoms with Crippen molar-refractivity contribution in [2.24, 2.45) is 5.84 Å². The van der Waals surface area contributed by atoms with Crippen LogP contribution in [0.4, 0.5) is 5.69 Å². The summed E-state index contributed by atoms with van der Waals surface area (Å²) in [5.41, 5.74) is 2.05. The molecule has 0 fully saturated rings. The monoisotopic (exact) mass is 241 g/mol. The number of amides is 1. The van der Waals surface area contributed by atoms with E-state index in [9.17, 15) is 14.9 Å². The summed E-state index contributed by atoms with van der Waals surface area (Å²) < 4.78 is 1.53. The highest BCUT2D eigenvalue weighted by Crippen LogP contribution is 2.09. The van der Waals surface area contributed by atoms with Crippen molar-refractivity contribution in [3.63, 3.8) is 0 Å². The first-order valence-electron chi connectivity index (χ1n) is 5.30. The second-order valence-electron chi connectivity index (χ2n) is 3.60. The number of nitrogens with two attached hydrogens (primary N) is 1. The van der Waals surface area contributed by atoms with Crippen LogP contribution in [0.1, 0.15) is 25.7 Å². The summed E-state index contributed by atoms with van der Waals surface area (Å²) in [6.45, 7) is 0.609. The van der Waals surface area contributed by atoms with Gasteiger partial charge in [0.15, 0.2) is 0 Å². The molecule has 0 aliphatic heterocycles. The van der Waals surface area contributed by atoms with Gasteiger partial charge in [-0.15, -0.1) is 0 Å². The number of hydrazine groups is 1. The lowest BCUT2D eigenvalue weighted by Gasteiger charge is -2.01. The third-order valence-electron chi connectivity index (χ3n) is 2.28. The molecule has 1 aromatic heterocycles. The predicted molar refractivity (Wildman–Crippen MR) is 59.7 cm³/mol. The number of rotatable bonds is 7. The Morgan fingerprint density at radius 2 is 2.29 bits per heavy atom. The van der Waals surface area contributed by atoms with Gasteiger partial charge >= 0.3 is 5.69 Å². The summed E-state index contributed by atoms with van der Waals surface area (Å²) in [6.07, 6.45) is 5.42. The van der Waals surface area contributed by atoms with E-state index in [1.54, 1.807) is 0 Å². The zero-order valence-electron chi connectivity index (χ0n) is 9.33. The highest BCUT2D eigenvalue weighted by Gasteiger charge is 2.08. The molecule has 17 heavy (non-hydrogen) atoms. The Kier molecular flexibility index (Phi) is 5.08. The Morgan fingerprint density at radius 3 is 2.88 bits per heavy atom. The van der Waals surface area contributed by atoms with Crippen LogP contribution in [0.5, 0.6) is 0 Å². The molecule has 1 aromatic rings. The first-order chi connectivity index (χ1) is 8.13. The van der Waals surface area contributed by atoms with Gasteiger partial charge in [-0.2, -0.15) is 5.10 Å². The molecule has 1 heterocycles. The zero-order valence-corrected chi connectivity index (χ0v) is 9.33. The fraction of sp³-hybridized carbons (Fsp3) is 0.556. The fourth-order valence-corrected chi connectivity index (χ4v) is 1.38. The van der Waals surface area contributed by atoms with Crippen molar-refractivity contribution >= 4 is 11.6 Å². The standard InChI is InChI=1S/C9H15N5O3/c10-12-9(15)4-2-1-3-5-13-7-8(6-11-13)14(16)17/h6-7H,1-5,10H2,(H,12,15). The van der Waals surface area contributed by atoms with Crippen molar-refractivity contribution in [3.8, 4) is 0 Å². The van der Waals surface area contributed by atoms with Crippen LogP contribution in [0.3, 0.4) is 0 Å². The Hall–Kier alpha value is -1.96. The van der Waals surface area contributed by atoms with E-state index in [0.717, 1.165) is 19.3 Å². The van der Waals surface area contributed by atoms with Gasteiger partial charge in [0.1, 0.15) is 12.4 Å². The molecule has 1 amide bonds. The van der Waals surface area contributed by atoms with Crippen LogP contribution in [0.2, 0.25) is 0 Å². The van der Waals surface area contributed by atoms with E-state index in [4.69, 9.17) is 5.84 Å². The lowest BCUT2D eigenvalue weighted by Crippen LogP contribution is -2.29. The van der Waals surface area contributed by atoms with Crippen LogP contribution < -0.4 is 11.3 Å². The number of nitro groups is 1. The average molecular weight is 241 g/mol. The summed E-state index contributed by atoms with van der Waals surface area (Å²) in [4.78, 5) is 20.7. The number of hydrogen-bond acceptors (Lipinski definition) is 5. The van der Waals surface area contributed by atoms with Gasteiger partial charge in [0.2, 0.25) is 5.91 Å². The SMILES string of the molecule is NNC(=O)CCCCCn1cc([N+](=O)[O-])cn1. The first kappa shape index (κ1) is 13.1. The molecule has 3 N–H and O–H groups in total. The second-order valence-corrected chi connectivity index (χ2v) is 3.60. The zero-order chi connectivity index (χ0) is 12.7.